The Kier molecular flexibility index (Phi) is 3.52. The molecule has 0 radical (unpaired) electrons. The fourth-order valence-corrected chi connectivity index (χ4v) is 4.30. The Morgan fingerprint density at radius 3 is 2.10 bits per heavy atom. The highest BCUT2D eigenvalue weighted by Crippen LogP contribution is 2.48. The van der Waals surface area contributed by atoms with Gasteiger partial charge in [-0.15, -0.1) is 11.3 Å². The summed E-state index contributed by atoms with van der Waals surface area (Å²) in [4.78, 5) is 20.7. The molecule has 0 aromatic carbocycles. The van der Waals surface area contributed by atoms with Crippen molar-refractivity contribution >= 4 is 17.2 Å². The fourth-order valence-electron chi connectivity index (χ4n) is 2.98. The molecule has 2 rings (SSSR count). The molecular weight excluding hydrogens is 268 g/mol. The van der Waals surface area contributed by atoms with Crippen molar-refractivity contribution in [1.82, 2.24) is 9.88 Å². The third-order valence-electron chi connectivity index (χ3n) is 4.77. The lowest BCUT2D eigenvalue weighted by Crippen LogP contribution is -2.63. The molecule has 20 heavy (non-hydrogen) atoms. The average Bonchev–Trinajstić information content (AvgIpc) is 2.71. The quantitative estimate of drug-likeness (QED) is 0.819. The minimum absolute atomic E-state index is 0.0856. The third kappa shape index (κ3) is 1.92. The first-order valence-corrected chi connectivity index (χ1v) is 8.18. The van der Waals surface area contributed by atoms with Gasteiger partial charge in [-0.2, -0.15) is 0 Å². The van der Waals surface area contributed by atoms with Gasteiger partial charge in [-0.25, -0.2) is 4.98 Å². The first-order chi connectivity index (χ1) is 9.01. The van der Waals surface area contributed by atoms with Gasteiger partial charge < -0.3 is 4.90 Å². The zero-order valence-corrected chi connectivity index (χ0v) is 14.7. The maximum absolute atomic E-state index is 12.9. The normalized spacial score (nSPS) is 20.7. The molecule has 112 valence electrons. The van der Waals surface area contributed by atoms with E-state index in [1.807, 2.05) is 4.90 Å². The van der Waals surface area contributed by atoms with Crippen LogP contribution in [0.1, 0.15) is 81.7 Å². The van der Waals surface area contributed by atoms with E-state index in [-0.39, 0.29) is 22.9 Å². The van der Waals surface area contributed by atoms with Crippen LogP contribution in [0.25, 0.3) is 0 Å². The van der Waals surface area contributed by atoms with Gasteiger partial charge in [0.05, 0.1) is 5.01 Å². The van der Waals surface area contributed by atoms with Crippen LogP contribution in [0.4, 0.5) is 0 Å². The van der Waals surface area contributed by atoms with Crippen LogP contribution >= 0.6 is 11.3 Å². The summed E-state index contributed by atoms with van der Waals surface area (Å²) in [5, 5.41) is 1.07. The van der Waals surface area contributed by atoms with Crippen molar-refractivity contribution in [2.45, 2.75) is 78.3 Å². The van der Waals surface area contributed by atoms with Crippen molar-refractivity contribution in [1.29, 1.82) is 0 Å². The molecule has 1 aromatic heterocycles. The Hall–Kier alpha value is -0.900. The second-order valence-corrected chi connectivity index (χ2v) is 8.37. The van der Waals surface area contributed by atoms with E-state index in [9.17, 15) is 4.79 Å². The number of aromatic nitrogens is 1. The average molecular weight is 294 g/mol. The van der Waals surface area contributed by atoms with E-state index in [1.54, 1.807) is 11.3 Å². The Bertz CT molecular complexity index is 541. The number of rotatable bonds is 2. The predicted molar refractivity (Wildman–Crippen MR) is 84.6 cm³/mol. The van der Waals surface area contributed by atoms with Crippen molar-refractivity contribution in [2.75, 3.05) is 0 Å². The van der Waals surface area contributed by atoms with Gasteiger partial charge in [0.1, 0.15) is 5.69 Å². The molecule has 1 aliphatic rings. The van der Waals surface area contributed by atoms with Crippen LogP contribution in [0.5, 0.6) is 0 Å². The molecule has 1 aliphatic heterocycles. The molecule has 0 unspecified atom stereocenters. The monoisotopic (exact) mass is 294 g/mol. The number of nitrogens with zero attached hydrogens (tertiary/aromatic N) is 2. The van der Waals surface area contributed by atoms with Crippen LogP contribution in [-0.2, 0) is 5.41 Å². The zero-order valence-electron chi connectivity index (χ0n) is 13.9. The molecular formula is C16H26N2OS. The van der Waals surface area contributed by atoms with Gasteiger partial charge in [-0.1, -0.05) is 27.7 Å². The van der Waals surface area contributed by atoms with Crippen molar-refractivity contribution < 1.29 is 4.79 Å². The number of fused-ring (bicyclic) bond motifs is 1. The molecule has 0 atom stereocenters. The minimum Gasteiger partial charge on any atom is -0.329 e. The third-order valence-corrected chi connectivity index (χ3v) is 6.45. The molecule has 0 bridgehead atoms. The first kappa shape index (κ1) is 15.5. The number of hydrogen-bond donors (Lipinski definition) is 0. The summed E-state index contributed by atoms with van der Waals surface area (Å²) in [6, 6.07) is 0.175. The van der Waals surface area contributed by atoms with Crippen molar-refractivity contribution in [2.24, 2.45) is 0 Å². The highest BCUT2D eigenvalue weighted by Gasteiger charge is 2.53. The zero-order chi connectivity index (χ0) is 15.5. The van der Waals surface area contributed by atoms with E-state index in [0.29, 0.717) is 11.6 Å². The van der Waals surface area contributed by atoms with Gasteiger partial charge in [0.25, 0.3) is 5.91 Å². The molecule has 4 heteroatoms. The summed E-state index contributed by atoms with van der Waals surface area (Å²) >= 11 is 1.71. The molecule has 2 heterocycles. The van der Waals surface area contributed by atoms with Crippen LogP contribution in [0.15, 0.2) is 0 Å². The van der Waals surface area contributed by atoms with E-state index in [2.05, 4.69) is 60.4 Å². The second-order valence-electron chi connectivity index (χ2n) is 7.34. The van der Waals surface area contributed by atoms with Crippen LogP contribution in [-0.4, -0.2) is 27.4 Å². The summed E-state index contributed by atoms with van der Waals surface area (Å²) in [6.07, 6.45) is 0. The summed E-state index contributed by atoms with van der Waals surface area (Å²) < 4.78 is 0. The van der Waals surface area contributed by atoms with Crippen LogP contribution in [0.3, 0.4) is 0 Å². The maximum Gasteiger partial charge on any atom is 0.274 e. The first-order valence-electron chi connectivity index (χ1n) is 7.36. The van der Waals surface area contributed by atoms with Crippen molar-refractivity contribution in [3.05, 3.63) is 15.6 Å². The number of carbonyl (C=O) groups excluding carboxylic acids is 1. The molecule has 0 spiro atoms. The van der Waals surface area contributed by atoms with Crippen LogP contribution < -0.4 is 0 Å². The number of hydrogen-bond acceptors (Lipinski definition) is 3. The van der Waals surface area contributed by atoms with Crippen LogP contribution in [0, 0.1) is 0 Å². The summed E-state index contributed by atoms with van der Waals surface area (Å²) in [6.45, 7) is 17.2. The SMILES string of the molecule is CC(C)c1nc2c(s1)C(C)(C)C(C)(C)N(C(C)C)C2=O. The lowest BCUT2D eigenvalue weighted by molar-refractivity contribution is 0.0144. The number of amides is 1. The molecule has 0 fully saturated rings. The Morgan fingerprint density at radius 2 is 1.65 bits per heavy atom. The van der Waals surface area contributed by atoms with E-state index in [1.165, 1.54) is 0 Å². The summed E-state index contributed by atoms with van der Waals surface area (Å²) in [7, 11) is 0. The lowest BCUT2D eigenvalue weighted by Gasteiger charge is -2.53. The van der Waals surface area contributed by atoms with Gasteiger partial charge in [0, 0.05) is 27.8 Å². The molecule has 3 nitrogen and oxygen atoms in total. The summed E-state index contributed by atoms with van der Waals surface area (Å²) in [5.41, 5.74) is 0.369. The standard InChI is InChI=1S/C16H26N2OS/c1-9(2)13-17-11-12(20-13)15(5,6)16(7,8)18(10(3)4)14(11)19/h9-10H,1-8H3. The fraction of sp³-hybridized carbons (Fsp3) is 0.750. The highest BCUT2D eigenvalue weighted by atomic mass is 32.1. The van der Waals surface area contributed by atoms with Crippen molar-refractivity contribution in [3.8, 4) is 0 Å². The molecule has 0 N–H and O–H groups in total. The Morgan fingerprint density at radius 1 is 1.10 bits per heavy atom. The van der Waals surface area contributed by atoms with Crippen molar-refractivity contribution in [3.63, 3.8) is 0 Å². The molecule has 1 aromatic rings. The Labute approximate surface area is 126 Å². The predicted octanol–water partition coefficient (Wildman–Crippen LogP) is 4.19. The molecule has 0 saturated heterocycles. The number of carbonyl (C=O) groups is 1. The maximum atomic E-state index is 12.9. The Balaban J connectivity index is 2.69. The number of thiazole rings is 1. The molecule has 0 saturated carbocycles. The van der Waals surface area contributed by atoms with Gasteiger partial charge >= 0.3 is 0 Å². The second kappa shape index (κ2) is 4.55. The largest absolute Gasteiger partial charge is 0.329 e. The van der Waals surface area contributed by atoms with E-state index < -0.39 is 0 Å². The topological polar surface area (TPSA) is 33.2 Å². The van der Waals surface area contributed by atoms with Gasteiger partial charge in [0.2, 0.25) is 0 Å². The highest BCUT2D eigenvalue weighted by molar-refractivity contribution is 7.12. The van der Waals surface area contributed by atoms with E-state index in [0.717, 1.165) is 9.88 Å². The van der Waals surface area contributed by atoms with Gasteiger partial charge in [0.15, 0.2) is 0 Å². The van der Waals surface area contributed by atoms with Gasteiger partial charge in [-0.3, -0.25) is 4.79 Å². The molecule has 0 aliphatic carbocycles. The minimum atomic E-state index is -0.216. The van der Waals surface area contributed by atoms with E-state index in [4.69, 9.17) is 0 Å². The van der Waals surface area contributed by atoms with Gasteiger partial charge in [-0.05, 0) is 27.7 Å². The van der Waals surface area contributed by atoms with Crippen LogP contribution in [0.2, 0.25) is 0 Å². The smallest absolute Gasteiger partial charge is 0.274 e. The van der Waals surface area contributed by atoms with E-state index >= 15 is 0 Å². The lowest BCUT2D eigenvalue weighted by atomic mass is 9.68. The molecule has 1 amide bonds. The summed E-state index contributed by atoms with van der Waals surface area (Å²) in [5.74, 6) is 0.451.